The highest BCUT2D eigenvalue weighted by Crippen LogP contribution is 2.35. The van der Waals surface area contributed by atoms with Crippen LogP contribution in [0.25, 0.3) is 0 Å². The largest absolute Gasteiger partial charge is 0.338 e. The first kappa shape index (κ1) is 17.5. The molecule has 0 spiro atoms. The fourth-order valence-corrected chi connectivity index (χ4v) is 3.49. The van der Waals surface area contributed by atoms with Crippen molar-refractivity contribution in [1.82, 2.24) is 25.0 Å². The molecule has 0 radical (unpaired) electrons. The van der Waals surface area contributed by atoms with Crippen LogP contribution in [0.3, 0.4) is 0 Å². The van der Waals surface area contributed by atoms with Gasteiger partial charge in [-0.15, -0.1) is 0 Å². The average molecular weight is 345 g/mol. The van der Waals surface area contributed by atoms with E-state index in [0.29, 0.717) is 6.42 Å². The predicted molar refractivity (Wildman–Crippen MR) is 92.1 cm³/mol. The number of carbonyl (C=O) groups excluding carboxylic acids is 1. The molecule has 1 unspecified atom stereocenters. The molecule has 0 bridgehead atoms. The number of likely N-dealkylation sites (tertiary alicyclic amines) is 1. The molecule has 7 heteroatoms. The molecular formula is C18H24FN5O. The van der Waals surface area contributed by atoms with Crippen LogP contribution in [-0.2, 0) is 11.8 Å². The van der Waals surface area contributed by atoms with Crippen LogP contribution >= 0.6 is 0 Å². The van der Waals surface area contributed by atoms with E-state index in [9.17, 15) is 9.18 Å². The van der Waals surface area contributed by atoms with Gasteiger partial charge >= 0.3 is 0 Å². The second-order valence-corrected chi connectivity index (χ2v) is 6.73. The lowest BCUT2D eigenvalue weighted by atomic mass is 9.85. The minimum atomic E-state index is -0.333. The highest BCUT2D eigenvalue weighted by Gasteiger charge is 2.35. The molecule has 3 heterocycles. The van der Waals surface area contributed by atoms with Gasteiger partial charge in [0, 0.05) is 44.9 Å². The molecule has 1 aliphatic heterocycles. The van der Waals surface area contributed by atoms with E-state index < -0.39 is 0 Å². The molecule has 1 amide bonds. The Hall–Kier alpha value is -2.28. The predicted octanol–water partition coefficient (Wildman–Crippen LogP) is 2.21. The number of piperidine rings is 1. The van der Waals surface area contributed by atoms with Crippen LogP contribution in [-0.4, -0.2) is 39.2 Å². The Balaban J connectivity index is 1.70. The molecule has 0 aliphatic carbocycles. The number of aryl methyl sites for hydroxylation is 1. The molecule has 1 aliphatic rings. The van der Waals surface area contributed by atoms with Crippen molar-refractivity contribution in [3.05, 3.63) is 47.8 Å². The third-order valence-electron chi connectivity index (χ3n) is 4.93. The Morgan fingerprint density at radius 3 is 2.80 bits per heavy atom. The number of aromatic nitrogens is 3. The molecule has 2 aromatic heterocycles. The molecule has 1 fully saturated rings. The van der Waals surface area contributed by atoms with Crippen LogP contribution in [0.15, 0.2) is 30.7 Å². The van der Waals surface area contributed by atoms with E-state index in [0.717, 1.165) is 24.2 Å². The Morgan fingerprint density at radius 1 is 1.36 bits per heavy atom. The molecule has 3 atom stereocenters. The van der Waals surface area contributed by atoms with Crippen LogP contribution in [0, 0.1) is 11.7 Å². The van der Waals surface area contributed by atoms with Crippen LogP contribution < -0.4 is 5.32 Å². The second-order valence-electron chi connectivity index (χ2n) is 6.73. The minimum absolute atomic E-state index is 0.0100. The number of amides is 1. The summed E-state index contributed by atoms with van der Waals surface area (Å²) in [4.78, 5) is 18.1. The normalized spacial score (nSPS) is 22.2. The van der Waals surface area contributed by atoms with Crippen molar-refractivity contribution >= 4 is 5.91 Å². The fourth-order valence-electron chi connectivity index (χ4n) is 3.49. The molecule has 1 N–H and O–H groups in total. The van der Waals surface area contributed by atoms with Crippen LogP contribution in [0.2, 0.25) is 0 Å². The number of carbonyl (C=O) groups is 1. The maximum atomic E-state index is 13.0. The van der Waals surface area contributed by atoms with Gasteiger partial charge < -0.3 is 10.2 Å². The Kier molecular flexibility index (Phi) is 5.13. The molecule has 2 aromatic rings. The maximum absolute atomic E-state index is 13.0. The van der Waals surface area contributed by atoms with Gasteiger partial charge in [-0.2, -0.15) is 5.10 Å². The summed E-state index contributed by atoms with van der Waals surface area (Å²) in [5.74, 6) is 0.119. The van der Waals surface area contributed by atoms with Crippen molar-refractivity contribution in [3.63, 3.8) is 0 Å². The van der Waals surface area contributed by atoms with Gasteiger partial charge in [0.1, 0.15) is 5.82 Å². The van der Waals surface area contributed by atoms with Gasteiger partial charge in [0.05, 0.1) is 24.1 Å². The Bertz CT molecular complexity index is 729. The quantitative estimate of drug-likeness (QED) is 0.902. The molecule has 134 valence electrons. The molecule has 0 saturated carbocycles. The minimum Gasteiger partial charge on any atom is -0.338 e. The van der Waals surface area contributed by atoms with Gasteiger partial charge in [-0.05, 0) is 31.4 Å². The highest BCUT2D eigenvalue weighted by atomic mass is 19.1. The first-order chi connectivity index (χ1) is 12.0. The number of nitrogens with zero attached hydrogens (tertiary/aromatic N) is 4. The molecule has 3 rings (SSSR count). The molecule has 25 heavy (non-hydrogen) atoms. The maximum Gasteiger partial charge on any atom is 0.222 e. The summed E-state index contributed by atoms with van der Waals surface area (Å²) in [5.41, 5.74) is 1.86. The van der Waals surface area contributed by atoms with Crippen molar-refractivity contribution in [3.8, 4) is 0 Å². The van der Waals surface area contributed by atoms with E-state index in [-0.39, 0.29) is 29.7 Å². The van der Waals surface area contributed by atoms with Gasteiger partial charge in [-0.1, -0.05) is 0 Å². The Labute approximate surface area is 147 Å². The topological polar surface area (TPSA) is 63.1 Å². The fraction of sp³-hybridized carbons (Fsp3) is 0.500. The van der Waals surface area contributed by atoms with E-state index in [1.807, 2.05) is 38.3 Å². The van der Waals surface area contributed by atoms with Crippen LogP contribution in [0.5, 0.6) is 0 Å². The number of pyridine rings is 1. The van der Waals surface area contributed by atoms with Crippen molar-refractivity contribution in [2.45, 2.75) is 31.8 Å². The third kappa shape index (κ3) is 3.87. The molecule has 0 aromatic carbocycles. The standard InChI is InChI=1S/C18H24FN5O/c1-12(16-6-5-15(19)10-21-16)20-8-13-4-7-17(25)24(3)18(13)14-9-22-23(2)11-14/h5-6,9-13,18,20H,4,7-8H2,1-3H3/t12?,13-,18+/m1/s1. The van der Waals surface area contributed by atoms with Crippen molar-refractivity contribution < 1.29 is 9.18 Å². The van der Waals surface area contributed by atoms with Gasteiger partial charge in [0.2, 0.25) is 5.91 Å². The first-order valence-electron chi connectivity index (χ1n) is 8.54. The van der Waals surface area contributed by atoms with Gasteiger partial charge in [0.15, 0.2) is 0 Å². The average Bonchev–Trinajstić information content (AvgIpc) is 3.02. The van der Waals surface area contributed by atoms with E-state index in [1.54, 1.807) is 10.7 Å². The zero-order chi connectivity index (χ0) is 18.0. The van der Waals surface area contributed by atoms with Crippen molar-refractivity contribution in [2.24, 2.45) is 13.0 Å². The van der Waals surface area contributed by atoms with E-state index in [2.05, 4.69) is 15.4 Å². The summed E-state index contributed by atoms with van der Waals surface area (Å²) in [7, 11) is 3.74. The third-order valence-corrected chi connectivity index (χ3v) is 4.93. The smallest absolute Gasteiger partial charge is 0.222 e. The zero-order valence-electron chi connectivity index (χ0n) is 14.8. The summed E-state index contributed by atoms with van der Waals surface area (Å²) in [5, 5.41) is 7.73. The Morgan fingerprint density at radius 2 is 2.16 bits per heavy atom. The number of halogens is 1. The summed E-state index contributed by atoms with van der Waals surface area (Å²) in [6, 6.07) is 3.14. The monoisotopic (exact) mass is 345 g/mol. The summed E-state index contributed by atoms with van der Waals surface area (Å²) < 4.78 is 14.8. The molecule has 6 nitrogen and oxygen atoms in total. The first-order valence-corrected chi connectivity index (χ1v) is 8.54. The van der Waals surface area contributed by atoms with Crippen molar-refractivity contribution in [1.29, 1.82) is 0 Å². The van der Waals surface area contributed by atoms with Gasteiger partial charge in [-0.25, -0.2) is 4.39 Å². The van der Waals surface area contributed by atoms with E-state index >= 15 is 0 Å². The number of hydrogen-bond donors (Lipinski definition) is 1. The highest BCUT2D eigenvalue weighted by molar-refractivity contribution is 5.77. The number of nitrogens with one attached hydrogen (secondary N) is 1. The summed E-state index contributed by atoms with van der Waals surface area (Å²) in [6.45, 7) is 2.76. The molecule has 1 saturated heterocycles. The van der Waals surface area contributed by atoms with Crippen LogP contribution in [0.1, 0.15) is 43.1 Å². The summed E-state index contributed by atoms with van der Waals surface area (Å²) >= 11 is 0. The van der Waals surface area contributed by atoms with Gasteiger partial charge in [0.25, 0.3) is 0 Å². The molecular weight excluding hydrogens is 321 g/mol. The van der Waals surface area contributed by atoms with Crippen molar-refractivity contribution in [2.75, 3.05) is 13.6 Å². The zero-order valence-corrected chi connectivity index (χ0v) is 14.8. The lowest BCUT2D eigenvalue weighted by Crippen LogP contribution is -2.43. The number of rotatable bonds is 5. The SMILES string of the molecule is CC(NC[C@H]1CCC(=O)N(C)[C@@H]1c1cnn(C)c1)c1ccc(F)cn1. The van der Waals surface area contributed by atoms with E-state index in [1.165, 1.54) is 12.3 Å². The summed E-state index contributed by atoms with van der Waals surface area (Å²) in [6.07, 6.45) is 6.43. The van der Waals surface area contributed by atoms with E-state index in [4.69, 9.17) is 0 Å². The lowest BCUT2D eigenvalue weighted by Gasteiger charge is -2.39. The van der Waals surface area contributed by atoms with Gasteiger partial charge in [-0.3, -0.25) is 14.5 Å². The second kappa shape index (κ2) is 7.31. The number of hydrogen-bond acceptors (Lipinski definition) is 4. The van der Waals surface area contributed by atoms with Crippen LogP contribution in [0.4, 0.5) is 4.39 Å². The lowest BCUT2D eigenvalue weighted by molar-refractivity contribution is -0.137.